The first-order valence-electron chi connectivity index (χ1n) is 9.70. The van der Waals surface area contributed by atoms with Gasteiger partial charge in [0.2, 0.25) is 5.91 Å². The topological polar surface area (TPSA) is 84.7 Å². The minimum absolute atomic E-state index is 0.0516. The van der Waals surface area contributed by atoms with E-state index in [1.807, 2.05) is 30.3 Å². The number of esters is 1. The fraction of sp³-hybridized carbons (Fsp3) is 0.429. The molecule has 152 valence electrons. The first-order valence-corrected chi connectivity index (χ1v) is 9.70. The van der Waals surface area contributed by atoms with Gasteiger partial charge in [-0.25, -0.2) is 4.68 Å². The molecule has 0 N–H and O–H groups in total. The maximum Gasteiger partial charge on any atom is 0.311 e. The van der Waals surface area contributed by atoms with E-state index in [2.05, 4.69) is 5.10 Å². The number of carbonyl (C=O) groups is 3. The predicted octanol–water partition coefficient (Wildman–Crippen LogP) is 1.50. The summed E-state index contributed by atoms with van der Waals surface area (Å²) in [5.41, 5.74) is 0.830. The highest BCUT2D eigenvalue weighted by atomic mass is 16.5. The molecule has 0 aliphatic carbocycles. The van der Waals surface area contributed by atoms with Crippen molar-refractivity contribution in [2.24, 2.45) is 5.92 Å². The highest BCUT2D eigenvalue weighted by molar-refractivity contribution is 5.94. The maximum absolute atomic E-state index is 13.0. The van der Waals surface area contributed by atoms with Crippen LogP contribution in [0.5, 0.6) is 0 Å². The van der Waals surface area contributed by atoms with Gasteiger partial charge in [0.25, 0.3) is 5.91 Å². The molecule has 1 unspecified atom stereocenters. The van der Waals surface area contributed by atoms with Gasteiger partial charge >= 0.3 is 5.97 Å². The van der Waals surface area contributed by atoms with Gasteiger partial charge in [-0.3, -0.25) is 14.4 Å². The molecule has 2 aromatic rings. The van der Waals surface area contributed by atoms with Crippen molar-refractivity contribution in [1.29, 1.82) is 0 Å². The normalized spacial score (nSPS) is 20.9. The Balaban J connectivity index is 1.48. The summed E-state index contributed by atoms with van der Waals surface area (Å²) in [6.07, 6.45) is 4.56. The Kier molecular flexibility index (Phi) is 4.86. The first kappa shape index (κ1) is 19.2. The number of ether oxygens (including phenoxy) is 1. The smallest absolute Gasteiger partial charge is 0.311 e. The van der Waals surface area contributed by atoms with Crippen LogP contribution in [0.25, 0.3) is 5.69 Å². The number of benzene rings is 1. The van der Waals surface area contributed by atoms with E-state index >= 15 is 0 Å². The molecule has 8 heteroatoms. The number of methoxy groups -OCH3 is 1. The van der Waals surface area contributed by atoms with Crippen molar-refractivity contribution < 1.29 is 19.1 Å². The Labute approximate surface area is 169 Å². The molecule has 2 aliphatic rings. The van der Waals surface area contributed by atoms with Crippen molar-refractivity contribution in [3.8, 4) is 5.69 Å². The van der Waals surface area contributed by atoms with Crippen LogP contribution in [0.1, 0.15) is 29.6 Å². The Bertz CT molecular complexity index is 931. The van der Waals surface area contributed by atoms with Gasteiger partial charge < -0.3 is 14.5 Å². The van der Waals surface area contributed by atoms with Crippen LogP contribution in [-0.4, -0.2) is 70.1 Å². The molecule has 3 heterocycles. The van der Waals surface area contributed by atoms with Gasteiger partial charge in [-0.05, 0) is 25.0 Å². The SMILES string of the molecule is COC(=O)C1CC(=O)N(C)C12CCN(C(=O)c1cnn(-c3ccccc3)c1)CC2. The molecule has 1 atom stereocenters. The van der Waals surface area contributed by atoms with E-state index in [9.17, 15) is 14.4 Å². The number of amides is 2. The van der Waals surface area contributed by atoms with Crippen molar-refractivity contribution in [1.82, 2.24) is 19.6 Å². The number of carbonyl (C=O) groups excluding carboxylic acids is 3. The third-order valence-electron chi connectivity index (χ3n) is 6.32. The molecule has 0 bridgehead atoms. The molecule has 4 rings (SSSR count). The van der Waals surface area contributed by atoms with E-state index < -0.39 is 11.5 Å². The number of likely N-dealkylation sites (tertiary alicyclic amines) is 2. The summed E-state index contributed by atoms with van der Waals surface area (Å²) >= 11 is 0. The molecule has 1 spiro atoms. The lowest BCUT2D eigenvalue weighted by Crippen LogP contribution is -2.57. The number of rotatable bonds is 3. The van der Waals surface area contributed by atoms with E-state index in [0.29, 0.717) is 31.5 Å². The van der Waals surface area contributed by atoms with Crippen LogP contribution in [-0.2, 0) is 14.3 Å². The number of para-hydroxylation sites is 1. The lowest BCUT2D eigenvalue weighted by Gasteiger charge is -2.45. The lowest BCUT2D eigenvalue weighted by atomic mass is 9.77. The highest BCUT2D eigenvalue weighted by Gasteiger charge is 2.56. The van der Waals surface area contributed by atoms with E-state index in [4.69, 9.17) is 4.74 Å². The van der Waals surface area contributed by atoms with Crippen LogP contribution in [0.3, 0.4) is 0 Å². The molecule has 1 aromatic carbocycles. The summed E-state index contributed by atoms with van der Waals surface area (Å²) < 4.78 is 6.61. The minimum Gasteiger partial charge on any atom is -0.469 e. The third kappa shape index (κ3) is 3.18. The van der Waals surface area contributed by atoms with Gasteiger partial charge in [-0.15, -0.1) is 0 Å². The fourth-order valence-corrected chi connectivity index (χ4v) is 4.55. The highest BCUT2D eigenvalue weighted by Crippen LogP contribution is 2.43. The maximum atomic E-state index is 13.0. The first-order chi connectivity index (χ1) is 14.0. The number of nitrogens with zero attached hydrogens (tertiary/aromatic N) is 4. The Morgan fingerprint density at radius 3 is 2.52 bits per heavy atom. The molecule has 2 saturated heterocycles. The van der Waals surface area contributed by atoms with Crippen LogP contribution in [0.4, 0.5) is 0 Å². The van der Waals surface area contributed by atoms with E-state index in [0.717, 1.165) is 5.69 Å². The van der Waals surface area contributed by atoms with Crippen molar-refractivity contribution >= 4 is 17.8 Å². The quantitative estimate of drug-likeness (QED) is 0.734. The van der Waals surface area contributed by atoms with Crippen LogP contribution >= 0.6 is 0 Å². The summed E-state index contributed by atoms with van der Waals surface area (Å²) in [6.45, 7) is 0.945. The summed E-state index contributed by atoms with van der Waals surface area (Å²) in [6, 6.07) is 9.60. The van der Waals surface area contributed by atoms with Gasteiger partial charge in [0.05, 0.1) is 36.0 Å². The molecular formula is C21H24N4O4. The molecular weight excluding hydrogens is 372 g/mol. The number of piperidine rings is 1. The zero-order valence-corrected chi connectivity index (χ0v) is 16.6. The van der Waals surface area contributed by atoms with Crippen LogP contribution in [0, 0.1) is 5.92 Å². The van der Waals surface area contributed by atoms with Crippen molar-refractivity contribution in [3.05, 3.63) is 48.3 Å². The van der Waals surface area contributed by atoms with E-state index in [1.165, 1.54) is 7.11 Å². The minimum atomic E-state index is -0.574. The molecule has 2 aliphatic heterocycles. The van der Waals surface area contributed by atoms with Crippen LogP contribution in [0.2, 0.25) is 0 Å². The van der Waals surface area contributed by atoms with Crippen LogP contribution in [0.15, 0.2) is 42.7 Å². The van der Waals surface area contributed by atoms with Crippen molar-refractivity contribution in [3.63, 3.8) is 0 Å². The summed E-state index contributed by atoms with van der Waals surface area (Å²) in [4.78, 5) is 41.0. The molecule has 29 heavy (non-hydrogen) atoms. The second-order valence-corrected chi connectivity index (χ2v) is 7.64. The second-order valence-electron chi connectivity index (χ2n) is 7.64. The zero-order chi connectivity index (χ0) is 20.6. The van der Waals surface area contributed by atoms with E-state index in [1.54, 1.807) is 33.9 Å². The number of aromatic nitrogens is 2. The number of hydrogen-bond donors (Lipinski definition) is 0. The van der Waals surface area contributed by atoms with Crippen LogP contribution < -0.4 is 0 Å². The Morgan fingerprint density at radius 2 is 1.86 bits per heavy atom. The van der Waals surface area contributed by atoms with Crippen molar-refractivity contribution in [2.75, 3.05) is 27.2 Å². The van der Waals surface area contributed by atoms with Gasteiger partial charge in [0, 0.05) is 32.8 Å². The summed E-state index contributed by atoms with van der Waals surface area (Å²) in [7, 11) is 3.09. The second kappa shape index (κ2) is 7.35. The largest absolute Gasteiger partial charge is 0.469 e. The third-order valence-corrected chi connectivity index (χ3v) is 6.32. The molecule has 1 aromatic heterocycles. The van der Waals surface area contributed by atoms with Gasteiger partial charge in [-0.2, -0.15) is 5.10 Å². The molecule has 2 fully saturated rings. The van der Waals surface area contributed by atoms with Gasteiger partial charge in [-0.1, -0.05) is 18.2 Å². The van der Waals surface area contributed by atoms with E-state index in [-0.39, 0.29) is 24.2 Å². The monoisotopic (exact) mass is 396 g/mol. The summed E-state index contributed by atoms with van der Waals surface area (Å²) in [5.74, 6) is -0.984. The average Bonchev–Trinajstić information content (AvgIpc) is 3.34. The van der Waals surface area contributed by atoms with Crippen molar-refractivity contribution in [2.45, 2.75) is 24.8 Å². The van der Waals surface area contributed by atoms with Gasteiger partial charge in [0.15, 0.2) is 0 Å². The Morgan fingerprint density at radius 1 is 1.17 bits per heavy atom. The van der Waals surface area contributed by atoms with Gasteiger partial charge in [0.1, 0.15) is 0 Å². The number of hydrogen-bond acceptors (Lipinski definition) is 5. The fourth-order valence-electron chi connectivity index (χ4n) is 4.55. The average molecular weight is 396 g/mol. The predicted molar refractivity (Wildman–Crippen MR) is 104 cm³/mol. The standard InChI is InChI=1S/C21H24N4O4/c1-23-18(26)12-17(20(28)29-2)21(23)8-10-24(11-9-21)19(27)15-13-22-25(14-15)16-6-4-3-5-7-16/h3-7,13-14,17H,8-12H2,1-2H3. The molecule has 2 amide bonds. The summed E-state index contributed by atoms with van der Waals surface area (Å²) in [5, 5.41) is 4.30. The molecule has 0 saturated carbocycles. The molecule has 0 radical (unpaired) electrons. The molecule has 8 nitrogen and oxygen atoms in total. The Hall–Kier alpha value is -3.16. The lowest BCUT2D eigenvalue weighted by molar-refractivity contribution is -0.149. The zero-order valence-electron chi connectivity index (χ0n) is 16.6.